The van der Waals surface area contributed by atoms with Gasteiger partial charge in [-0.25, -0.2) is 0 Å². The van der Waals surface area contributed by atoms with Crippen LogP contribution in [0.1, 0.15) is 63.6 Å². The highest BCUT2D eigenvalue weighted by Crippen LogP contribution is 2.50. The molecule has 3 nitrogen and oxygen atoms in total. The molecule has 2 rings (SSSR count). The van der Waals surface area contributed by atoms with Crippen LogP contribution in [0.4, 0.5) is 0 Å². The molecule has 1 aromatic rings. The molecule has 1 aliphatic rings. The van der Waals surface area contributed by atoms with E-state index in [0.29, 0.717) is 12.8 Å². The first-order valence-corrected chi connectivity index (χ1v) is 7.71. The van der Waals surface area contributed by atoms with Gasteiger partial charge in [0.05, 0.1) is 12.5 Å². The molecule has 1 aliphatic carbocycles. The standard InChI is InChI=1S/C18H26O3/c1-6-12-10-13(17(2,3)4)15(21-5)14(11-12)18(16(19)20)8-7-9-18/h10-11H,6-9H2,1-5H3,(H,19,20). The number of benzene rings is 1. The molecule has 0 heterocycles. The van der Waals surface area contributed by atoms with E-state index in [1.807, 2.05) is 6.07 Å². The average molecular weight is 290 g/mol. The fourth-order valence-electron chi connectivity index (χ4n) is 3.15. The fourth-order valence-corrected chi connectivity index (χ4v) is 3.15. The van der Waals surface area contributed by atoms with Gasteiger partial charge in [0.2, 0.25) is 0 Å². The van der Waals surface area contributed by atoms with Crippen LogP contribution in [0.15, 0.2) is 12.1 Å². The number of hydrogen-bond acceptors (Lipinski definition) is 2. The summed E-state index contributed by atoms with van der Waals surface area (Å²) in [4.78, 5) is 11.9. The van der Waals surface area contributed by atoms with Crippen molar-refractivity contribution in [2.75, 3.05) is 7.11 Å². The van der Waals surface area contributed by atoms with Gasteiger partial charge in [0.1, 0.15) is 5.75 Å². The van der Waals surface area contributed by atoms with Gasteiger partial charge in [0.25, 0.3) is 0 Å². The van der Waals surface area contributed by atoms with Gasteiger partial charge in [-0.05, 0) is 30.2 Å². The van der Waals surface area contributed by atoms with E-state index < -0.39 is 11.4 Å². The monoisotopic (exact) mass is 290 g/mol. The summed E-state index contributed by atoms with van der Waals surface area (Å²) in [6.45, 7) is 8.53. The molecule has 0 aromatic heterocycles. The summed E-state index contributed by atoms with van der Waals surface area (Å²) in [7, 11) is 1.65. The molecule has 1 N–H and O–H groups in total. The molecule has 21 heavy (non-hydrogen) atoms. The summed E-state index contributed by atoms with van der Waals surface area (Å²) in [6, 6.07) is 4.21. The first-order valence-electron chi connectivity index (χ1n) is 7.71. The Hall–Kier alpha value is -1.51. The SMILES string of the molecule is CCc1cc(C(C)(C)C)c(OC)c(C2(C(=O)O)CCC2)c1. The number of rotatable bonds is 4. The van der Waals surface area contributed by atoms with Crippen LogP contribution in [-0.2, 0) is 22.0 Å². The summed E-state index contributed by atoms with van der Waals surface area (Å²) in [6.07, 6.45) is 3.28. The molecule has 1 aromatic carbocycles. The summed E-state index contributed by atoms with van der Waals surface area (Å²) >= 11 is 0. The zero-order chi connectivity index (χ0) is 15.8. The van der Waals surface area contributed by atoms with Gasteiger partial charge in [-0.3, -0.25) is 4.79 Å². The second-order valence-electron chi connectivity index (χ2n) is 7.07. The smallest absolute Gasteiger partial charge is 0.314 e. The minimum absolute atomic E-state index is 0.0747. The number of carboxylic acid groups (broad SMARTS) is 1. The molecule has 3 heteroatoms. The van der Waals surface area contributed by atoms with Crippen molar-refractivity contribution in [2.24, 2.45) is 0 Å². The Bertz CT molecular complexity index is 548. The normalized spacial score (nSPS) is 17.2. The first kappa shape index (κ1) is 15.9. The molecule has 0 saturated heterocycles. The minimum atomic E-state index is -0.753. The quantitative estimate of drug-likeness (QED) is 0.909. The van der Waals surface area contributed by atoms with Gasteiger partial charge < -0.3 is 9.84 Å². The van der Waals surface area contributed by atoms with Crippen molar-refractivity contribution in [3.8, 4) is 5.75 Å². The van der Waals surface area contributed by atoms with Gasteiger partial charge in [-0.1, -0.05) is 46.2 Å². The molecule has 1 fully saturated rings. The molecule has 0 radical (unpaired) electrons. The second kappa shape index (κ2) is 5.36. The van der Waals surface area contributed by atoms with Crippen molar-refractivity contribution in [1.82, 2.24) is 0 Å². The largest absolute Gasteiger partial charge is 0.496 e. The maximum Gasteiger partial charge on any atom is 0.314 e. The van der Waals surface area contributed by atoms with Crippen molar-refractivity contribution in [2.45, 2.75) is 64.2 Å². The lowest BCUT2D eigenvalue weighted by molar-refractivity contribution is -0.147. The lowest BCUT2D eigenvalue weighted by Crippen LogP contribution is -2.43. The third-order valence-corrected chi connectivity index (χ3v) is 4.70. The van der Waals surface area contributed by atoms with Crippen LogP contribution < -0.4 is 4.74 Å². The second-order valence-corrected chi connectivity index (χ2v) is 7.07. The van der Waals surface area contributed by atoms with Crippen LogP contribution in [0.25, 0.3) is 0 Å². The number of carbonyl (C=O) groups is 1. The molecule has 116 valence electrons. The Kier molecular flexibility index (Phi) is 4.05. The summed E-state index contributed by atoms with van der Waals surface area (Å²) in [5, 5.41) is 9.76. The van der Waals surface area contributed by atoms with E-state index in [2.05, 4.69) is 33.8 Å². The van der Waals surface area contributed by atoms with Crippen molar-refractivity contribution < 1.29 is 14.6 Å². The third kappa shape index (κ3) is 2.54. The lowest BCUT2D eigenvalue weighted by Gasteiger charge is -2.40. The lowest BCUT2D eigenvalue weighted by atomic mass is 9.63. The van der Waals surface area contributed by atoms with Crippen LogP contribution in [0, 0.1) is 0 Å². The molecule has 0 spiro atoms. The number of methoxy groups -OCH3 is 1. The van der Waals surface area contributed by atoms with E-state index in [1.165, 1.54) is 5.56 Å². The van der Waals surface area contributed by atoms with Crippen molar-refractivity contribution in [1.29, 1.82) is 0 Å². The highest BCUT2D eigenvalue weighted by Gasteiger charge is 2.48. The number of ether oxygens (including phenoxy) is 1. The van der Waals surface area contributed by atoms with E-state index in [9.17, 15) is 9.90 Å². The Morgan fingerprint density at radius 3 is 2.29 bits per heavy atom. The summed E-state index contributed by atoms with van der Waals surface area (Å²) in [5.74, 6) is 0.0435. The van der Waals surface area contributed by atoms with E-state index in [1.54, 1.807) is 7.11 Å². The molecule has 0 bridgehead atoms. The summed E-state index contributed by atoms with van der Waals surface area (Å²) in [5.41, 5.74) is 2.33. The van der Waals surface area contributed by atoms with Gasteiger partial charge >= 0.3 is 5.97 Å². The predicted octanol–water partition coefficient (Wildman–Crippen LogP) is 4.06. The van der Waals surface area contributed by atoms with Gasteiger partial charge in [-0.15, -0.1) is 0 Å². The van der Waals surface area contributed by atoms with Gasteiger partial charge in [-0.2, -0.15) is 0 Å². The molecule has 0 aliphatic heterocycles. The molecule has 0 atom stereocenters. The predicted molar refractivity (Wildman–Crippen MR) is 84.2 cm³/mol. The van der Waals surface area contributed by atoms with Crippen molar-refractivity contribution in [3.63, 3.8) is 0 Å². The van der Waals surface area contributed by atoms with E-state index in [4.69, 9.17) is 4.74 Å². The van der Waals surface area contributed by atoms with Crippen LogP contribution in [0.2, 0.25) is 0 Å². The Morgan fingerprint density at radius 2 is 1.95 bits per heavy atom. The number of hydrogen-bond donors (Lipinski definition) is 1. The summed E-state index contributed by atoms with van der Waals surface area (Å²) < 4.78 is 5.67. The topological polar surface area (TPSA) is 46.5 Å². The number of carboxylic acids is 1. The Morgan fingerprint density at radius 1 is 1.33 bits per heavy atom. The van der Waals surface area contributed by atoms with Gasteiger partial charge in [0, 0.05) is 11.1 Å². The molecule has 0 unspecified atom stereocenters. The van der Waals surface area contributed by atoms with Crippen LogP contribution in [0.5, 0.6) is 5.75 Å². The molecular formula is C18H26O3. The maximum atomic E-state index is 11.9. The minimum Gasteiger partial charge on any atom is -0.496 e. The van der Waals surface area contributed by atoms with Gasteiger partial charge in [0.15, 0.2) is 0 Å². The van der Waals surface area contributed by atoms with Crippen LogP contribution >= 0.6 is 0 Å². The molecule has 0 amide bonds. The van der Waals surface area contributed by atoms with Crippen molar-refractivity contribution in [3.05, 3.63) is 28.8 Å². The Labute approximate surface area is 127 Å². The Balaban J connectivity index is 2.72. The number of aryl methyl sites for hydroxylation is 1. The first-order chi connectivity index (χ1) is 9.76. The van der Waals surface area contributed by atoms with Crippen LogP contribution in [0.3, 0.4) is 0 Å². The van der Waals surface area contributed by atoms with E-state index in [-0.39, 0.29) is 5.41 Å². The zero-order valence-electron chi connectivity index (χ0n) is 13.7. The maximum absolute atomic E-state index is 11.9. The molecular weight excluding hydrogens is 264 g/mol. The molecule has 1 saturated carbocycles. The highest BCUT2D eigenvalue weighted by molar-refractivity contribution is 5.84. The third-order valence-electron chi connectivity index (χ3n) is 4.70. The number of aliphatic carboxylic acids is 1. The van der Waals surface area contributed by atoms with E-state index in [0.717, 1.165) is 29.7 Å². The highest BCUT2D eigenvalue weighted by atomic mass is 16.5. The van der Waals surface area contributed by atoms with E-state index >= 15 is 0 Å². The zero-order valence-corrected chi connectivity index (χ0v) is 13.7. The fraction of sp³-hybridized carbons (Fsp3) is 0.611. The average Bonchev–Trinajstić information content (AvgIpc) is 2.34. The van der Waals surface area contributed by atoms with Crippen molar-refractivity contribution >= 4 is 5.97 Å². The van der Waals surface area contributed by atoms with Crippen LogP contribution in [-0.4, -0.2) is 18.2 Å².